The standard InChI is InChI=1S/C11H18N4O3/c1-4-18-11(17)8-15(9(2)3)10(16)7-14-6-5-12-13-14/h5-6,9H,4,7-8H2,1-3H3. The van der Waals surface area contributed by atoms with E-state index in [1.54, 1.807) is 13.1 Å². The minimum atomic E-state index is -0.404. The molecular weight excluding hydrogens is 236 g/mol. The molecule has 0 saturated heterocycles. The number of amides is 1. The molecule has 1 aromatic heterocycles. The summed E-state index contributed by atoms with van der Waals surface area (Å²) in [6, 6.07) is -0.0783. The second-order valence-corrected chi connectivity index (χ2v) is 4.02. The maximum absolute atomic E-state index is 12.0. The van der Waals surface area contributed by atoms with Crippen LogP contribution in [0.1, 0.15) is 20.8 Å². The number of aromatic nitrogens is 3. The molecule has 0 aliphatic heterocycles. The minimum absolute atomic E-state index is 0.0426. The van der Waals surface area contributed by atoms with Crippen molar-refractivity contribution in [2.75, 3.05) is 13.2 Å². The van der Waals surface area contributed by atoms with Gasteiger partial charge in [-0.1, -0.05) is 5.21 Å². The number of hydrogen-bond donors (Lipinski definition) is 0. The van der Waals surface area contributed by atoms with Crippen molar-refractivity contribution in [2.24, 2.45) is 0 Å². The van der Waals surface area contributed by atoms with Crippen LogP contribution in [0.25, 0.3) is 0 Å². The van der Waals surface area contributed by atoms with Crippen molar-refractivity contribution >= 4 is 11.9 Å². The van der Waals surface area contributed by atoms with Crippen molar-refractivity contribution in [1.29, 1.82) is 0 Å². The Balaban J connectivity index is 2.61. The highest BCUT2D eigenvalue weighted by atomic mass is 16.5. The third kappa shape index (κ3) is 4.15. The molecule has 0 aromatic carbocycles. The first kappa shape index (κ1) is 14.1. The first-order chi connectivity index (χ1) is 8.54. The fourth-order valence-electron chi connectivity index (χ4n) is 1.45. The summed E-state index contributed by atoms with van der Waals surface area (Å²) in [7, 11) is 0. The van der Waals surface area contributed by atoms with Gasteiger partial charge in [-0.05, 0) is 20.8 Å². The minimum Gasteiger partial charge on any atom is -0.465 e. The average molecular weight is 254 g/mol. The van der Waals surface area contributed by atoms with Crippen molar-refractivity contribution in [3.63, 3.8) is 0 Å². The van der Waals surface area contributed by atoms with Gasteiger partial charge in [-0.15, -0.1) is 5.10 Å². The number of rotatable bonds is 6. The molecule has 1 aromatic rings. The second-order valence-electron chi connectivity index (χ2n) is 4.02. The number of hydrogen-bond acceptors (Lipinski definition) is 5. The zero-order valence-electron chi connectivity index (χ0n) is 10.9. The van der Waals surface area contributed by atoms with Crippen LogP contribution in [-0.4, -0.2) is 51.0 Å². The summed E-state index contributed by atoms with van der Waals surface area (Å²) in [6.45, 7) is 5.75. The lowest BCUT2D eigenvalue weighted by Crippen LogP contribution is -2.43. The van der Waals surface area contributed by atoms with Crippen LogP contribution in [0.3, 0.4) is 0 Å². The van der Waals surface area contributed by atoms with E-state index in [1.165, 1.54) is 15.8 Å². The van der Waals surface area contributed by atoms with Crippen molar-refractivity contribution in [3.8, 4) is 0 Å². The van der Waals surface area contributed by atoms with E-state index in [0.717, 1.165) is 0 Å². The van der Waals surface area contributed by atoms with Crippen LogP contribution in [0.5, 0.6) is 0 Å². The molecule has 0 saturated carbocycles. The Bertz CT molecular complexity index is 389. The summed E-state index contributed by atoms with van der Waals surface area (Å²) < 4.78 is 6.26. The number of nitrogens with zero attached hydrogens (tertiary/aromatic N) is 4. The van der Waals surface area contributed by atoms with Gasteiger partial charge < -0.3 is 9.64 Å². The van der Waals surface area contributed by atoms with E-state index >= 15 is 0 Å². The third-order valence-electron chi connectivity index (χ3n) is 2.32. The van der Waals surface area contributed by atoms with E-state index in [9.17, 15) is 9.59 Å². The summed E-state index contributed by atoms with van der Waals surface area (Å²) in [5, 5.41) is 7.34. The third-order valence-corrected chi connectivity index (χ3v) is 2.32. The molecule has 7 nitrogen and oxygen atoms in total. The molecule has 0 N–H and O–H groups in total. The molecule has 0 fully saturated rings. The Labute approximate surface area is 106 Å². The fourth-order valence-corrected chi connectivity index (χ4v) is 1.45. The first-order valence-corrected chi connectivity index (χ1v) is 5.83. The molecule has 7 heteroatoms. The van der Waals surface area contributed by atoms with Gasteiger partial charge in [-0.25, -0.2) is 4.68 Å². The van der Waals surface area contributed by atoms with Gasteiger partial charge in [-0.3, -0.25) is 9.59 Å². The highest BCUT2D eigenvalue weighted by Crippen LogP contribution is 2.01. The van der Waals surface area contributed by atoms with Crippen LogP contribution in [-0.2, 0) is 20.9 Å². The van der Waals surface area contributed by atoms with E-state index in [2.05, 4.69) is 10.3 Å². The molecule has 0 aliphatic carbocycles. The van der Waals surface area contributed by atoms with E-state index in [0.29, 0.717) is 6.61 Å². The Morgan fingerprint density at radius 3 is 2.67 bits per heavy atom. The molecular formula is C11H18N4O3. The molecule has 0 bridgehead atoms. The number of carbonyl (C=O) groups is 2. The van der Waals surface area contributed by atoms with Crippen LogP contribution in [0.2, 0.25) is 0 Å². The number of carbonyl (C=O) groups excluding carboxylic acids is 2. The van der Waals surface area contributed by atoms with E-state index in [1.807, 2.05) is 13.8 Å². The normalized spacial score (nSPS) is 10.4. The summed E-state index contributed by atoms with van der Waals surface area (Å²) in [5.41, 5.74) is 0. The second kappa shape index (κ2) is 6.73. The van der Waals surface area contributed by atoms with E-state index in [4.69, 9.17) is 4.74 Å². The van der Waals surface area contributed by atoms with E-state index in [-0.39, 0.29) is 25.0 Å². The summed E-state index contributed by atoms with van der Waals surface area (Å²) in [5.74, 6) is -0.596. The molecule has 1 amide bonds. The average Bonchev–Trinajstić information content (AvgIpc) is 2.78. The maximum atomic E-state index is 12.0. The SMILES string of the molecule is CCOC(=O)CN(C(=O)Cn1ccnn1)C(C)C. The molecule has 1 rings (SSSR count). The smallest absolute Gasteiger partial charge is 0.325 e. The zero-order chi connectivity index (χ0) is 13.5. The lowest BCUT2D eigenvalue weighted by Gasteiger charge is -2.25. The monoisotopic (exact) mass is 254 g/mol. The Hall–Kier alpha value is -1.92. The van der Waals surface area contributed by atoms with Crippen LogP contribution in [0.4, 0.5) is 0 Å². The quantitative estimate of drug-likeness (QED) is 0.672. The largest absolute Gasteiger partial charge is 0.465 e. The summed E-state index contributed by atoms with van der Waals surface area (Å²) in [4.78, 5) is 24.9. The van der Waals surface area contributed by atoms with Crippen LogP contribution in [0.15, 0.2) is 12.4 Å². The number of ether oxygens (including phenoxy) is 1. The van der Waals surface area contributed by atoms with Crippen molar-refractivity contribution in [3.05, 3.63) is 12.4 Å². The van der Waals surface area contributed by atoms with Gasteiger partial charge in [0.1, 0.15) is 13.1 Å². The van der Waals surface area contributed by atoms with Crippen molar-refractivity contribution in [2.45, 2.75) is 33.4 Å². The molecule has 1 heterocycles. The fraction of sp³-hybridized carbons (Fsp3) is 0.636. The summed E-state index contributed by atoms with van der Waals surface area (Å²) in [6.07, 6.45) is 3.10. The lowest BCUT2D eigenvalue weighted by molar-refractivity contribution is -0.150. The molecule has 0 unspecified atom stereocenters. The molecule has 0 spiro atoms. The van der Waals surface area contributed by atoms with Crippen molar-refractivity contribution < 1.29 is 14.3 Å². The van der Waals surface area contributed by atoms with Gasteiger partial charge >= 0.3 is 5.97 Å². The molecule has 0 aliphatic rings. The Kier molecular flexibility index (Phi) is 5.29. The highest BCUT2D eigenvalue weighted by molar-refractivity contribution is 5.82. The van der Waals surface area contributed by atoms with Gasteiger partial charge in [0.05, 0.1) is 12.8 Å². The van der Waals surface area contributed by atoms with Gasteiger partial charge in [0, 0.05) is 12.2 Å². The van der Waals surface area contributed by atoms with Gasteiger partial charge in [0.2, 0.25) is 5.91 Å². The van der Waals surface area contributed by atoms with Gasteiger partial charge in [0.25, 0.3) is 0 Å². The summed E-state index contributed by atoms with van der Waals surface area (Å²) >= 11 is 0. The maximum Gasteiger partial charge on any atom is 0.325 e. The first-order valence-electron chi connectivity index (χ1n) is 5.83. The van der Waals surface area contributed by atoms with Crippen LogP contribution < -0.4 is 0 Å². The van der Waals surface area contributed by atoms with Crippen molar-refractivity contribution in [1.82, 2.24) is 19.9 Å². The Morgan fingerprint density at radius 1 is 1.44 bits per heavy atom. The molecule has 0 atom stereocenters. The number of esters is 1. The molecule has 0 radical (unpaired) electrons. The lowest BCUT2D eigenvalue weighted by atomic mass is 10.3. The predicted octanol–water partition coefficient (Wildman–Crippen LogP) is 0.0782. The predicted molar refractivity (Wildman–Crippen MR) is 63.5 cm³/mol. The van der Waals surface area contributed by atoms with Crippen LogP contribution >= 0.6 is 0 Å². The zero-order valence-corrected chi connectivity index (χ0v) is 10.9. The van der Waals surface area contributed by atoms with Gasteiger partial charge in [0.15, 0.2) is 0 Å². The topological polar surface area (TPSA) is 77.3 Å². The molecule has 18 heavy (non-hydrogen) atoms. The Morgan fingerprint density at radius 2 is 2.17 bits per heavy atom. The highest BCUT2D eigenvalue weighted by Gasteiger charge is 2.21. The van der Waals surface area contributed by atoms with Crippen LogP contribution in [0, 0.1) is 0 Å². The molecule has 100 valence electrons. The van der Waals surface area contributed by atoms with E-state index < -0.39 is 5.97 Å². The van der Waals surface area contributed by atoms with Gasteiger partial charge in [-0.2, -0.15) is 0 Å².